The first-order chi connectivity index (χ1) is 14.0. The summed E-state index contributed by atoms with van der Waals surface area (Å²) in [5, 5.41) is 10.8. The third kappa shape index (κ3) is 3.80. The lowest BCUT2D eigenvalue weighted by Gasteiger charge is -2.37. The van der Waals surface area contributed by atoms with Crippen LogP contribution in [0.25, 0.3) is 11.0 Å². The van der Waals surface area contributed by atoms with Crippen LogP contribution >= 0.6 is 0 Å². The van der Waals surface area contributed by atoms with Gasteiger partial charge < -0.3 is 19.2 Å². The van der Waals surface area contributed by atoms with Crippen LogP contribution in [0.5, 0.6) is 11.5 Å². The highest BCUT2D eigenvalue weighted by Crippen LogP contribution is 2.33. The molecule has 29 heavy (non-hydrogen) atoms. The molecule has 0 fully saturated rings. The number of aromatic hydroxyl groups is 1. The standard InChI is InChI=1S/C23H26N2O4/c1-4-25-14-17(28-21-8-6-5-7-19(21)25)13-24(3)12-16-11-22(27)29-23-15(2)20(26)10-9-18(16)23/h5-11,17,26H,4,12-14H2,1-3H3. The number of phenols is 1. The normalized spacial score (nSPS) is 16.1. The van der Waals surface area contributed by atoms with Crippen molar-refractivity contribution >= 4 is 16.7 Å². The average Bonchev–Trinajstić information content (AvgIpc) is 2.70. The van der Waals surface area contributed by atoms with Gasteiger partial charge in [0.05, 0.1) is 12.2 Å². The fourth-order valence-electron chi connectivity index (χ4n) is 4.02. The van der Waals surface area contributed by atoms with Gasteiger partial charge >= 0.3 is 5.63 Å². The van der Waals surface area contributed by atoms with Gasteiger partial charge in [-0.25, -0.2) is 4.79 Å². The molecule has 1 atom stereocenters. The quantitative estimate of drug-likeness (QED) is 0.668. The first-order valence-electron chi connectivity index (χ1n) is 9.90. The van der Waals surface area contributed by atoms with Gasteiger partial charge in [-0.15, -0.1) is 0 Å². The molecule has 1 unspecified atom stereocenters. The molecule has 2 aromatic carbocycles. The van der Waals surface area contributed by atoms with Crippen LogP contribution in [0.1, 0.15) is 18.1 Å². The van der Waals surface area contributed by atoms with Crippen LogP contribution in [0.15, 0.2) is 51.7 Å². The Morgan fingerprint density at radius 1 is 1.24 bits per heavy atom. The second-order valence-corrected chi connectivity index (χ2v) is 7.62. The van der Waals surface area contributed by atoms with Crippen LogP contribution in [0.2, 0.25) is 0 Å². The number of aryl methyl sites for hydroxylation is 1. The minimum Gasteiger partial charge on any atom is -0.508 e. The minimum atomic E-state index is -0.408. The number of hydrogen-bond donors (Lipinski definition) is 1. The van der Waals surface area contributed by atoms with Crippen LogP contribution < -0.4 is 15.3 Å². The van der Waals surface area contributed by atoms with Crippen molar-refractivity contribution in [3.63, 3.8) is 0 Å². The molecule has 6 heteroatoms. The highest BCUT2D eigenvalue weighted by molar-refractivity contribution is 5.84. The number of nitrogens with zero attached hydrogens (tertiary/aromatic N) is 2. The van der Waals surface area contributed by atoms with Crippen molar-refractivity contribution in [1.82, 2.24) is 4.90 Å². The maximum Gasteiger partial charge on any atom is 0.336 e. The van der Waals surface area contributed by atoms with E-state index in [1.165, 1.54) is 6.07 Å². The van der Waals surface area contributed by atoms with Gasteiger partial charge in [0.15, 0.2) is 0 Å². The Kier molecular flexibility index (Phi) is 5.20. The number of ether oxygens (including phenoxy) is 1. The lowest BCUT2D eigenvalue weighted by molar-refractivity contribution is 0.140. The second kappa shape index (κ2) is 7.79. The number of fused-ring (bicyclic) bond motifs is 2. The lowest BCUT2D eigenvalue weighted by atomic mass is 10.1. The molecule has 3 aromatic rings. The van der Waals surface area contributed by atoms with Crippen molar-refractivity contribution in [2.24, 2.45) is 0 Å². The predicted molar refractivity (Wildman–Crippen MR) is 114 cm³/mol. The molecule has 4 rings (SSSR count). The highest BCUT2D eigenvalue weighted by atomic mass is 16.5. The Hall–Kier alpha value is -2.99. The summed E-state index contributed by atoms with van der Waals surface area (Å²) in [5.74, 6) is 1.04. The molecule has 0 saturated heterocycles. The topological polar surface area (TPSA) is 66.2 Å². The van der Waals surface area contributed by atoms with Gasteiger partial charge in [-0.2, -0.15) is 0 Å². The Morgan fingerprint density at radius 3 is 2.83 bits per heavy atom. The van der Waals surface area contributed by atoms with Crippen molar-refractivity contribution < 1.29 is 14.3 Å². The third-order valence-corrected chi connectivity index (χ3v) is 5.48. The van der Waals surface area contributed by atoms with Gasteiger partial charge in [-0.3, -0.25) is 4.90 Å². The maximum absolute atomic E-state index is 12.1. The van der Waals surface area contributed by atoms with Crippen LogP contribution in [0.3, 0.4) is 0 Å². The summed E-state index contributed by atoms with van der Waals surface area (Å²) in [6.45, 7) is 6.95. The average molecular weight is 394 g/mol. The molecule has 1 N–H and O–H groups in total. The molecule has 1 aliphatic heterocycles. The molecule has 152 valence electrons. The van der Waals surface area contributed by atoms with Crippen molar-refractivity contribution in [3.05, 3.63) is 64.0 Å². The number of rotatable bonds is 5. The van der Waals surface area contributed by atoms with E-state index in [2.05, 4.69) is 22.8 Å². The van der Waals surface area contributed by atoms with E-state index in [0.29, 0.717) is 17.7 Å². The van der Waals surface area contributed by atoms with Gasteiger partial charge in [0.2, 0.25) is 0 Å². The first-order valence-corrected chi connectivity index (χ1v) is 9.90. The summed E-state index contributed by atoms with van der Waals surface area (Å²) < 4.78 is 11.6. The van der Waals surface area contributed by atoms with E-state index in [-0.39, 0.29) is 11.9 Å². The summed E-state index contributed by atoms with van der Waals surface area (Å²) in [7, 11) is 2.02. The zero-order valence-corrected chi connectivity index (χ0v) is 17.0. The van der Waals surface area contributed by atoms with E-state index in [9.17, 15) is 9.90 Å². The molecule has 0 aliphatic carbocycles. The fraction of sp³-hybridized carbons (Fsp3) is 0.348. The number of para-hydroxylation sites is 2. The number of likely N-dealkylation sites (N-methyl/N-ethyl adjacent to an activating group) is 2. The van der Waals surface area contributed by atoms with Gasteiger partial charge in [0.25, 0.3) is 0 Å². The predicted octanol–water partition coefficient (Wildman–Crippen LogP) is 3.53. The molecular formula is C23H26N2O4. The van der Waals surface area contributed by atoms with E-state index >= 15 is 0 Å². The molecule has 0 bridgehead atoms. The number of benzene rings is 2. The molecule has 1 aromatic heterocycles. The molecule has 6 nitrogen and oxygen atoms in total. The molecule has 0 radical (unpaired) electrons. The molecule has 0 amide bonds. The van der Waals surface area contributed by atoms with Crippen molar-refractivity contribution in [2.75, 3.05) is 31.6 Å². The van der Waals surface area contributed by atoms with Crippen LogP contribution in [-0.4, -0.2) is 42.8 Å². The molecule has 2 heterocycles. The minimum absolute atomic E-state index is 0.0343. The smallest absolute Gasteiger partial charge is 0.336 e. The molecule has 0 saturated carbocycles. The molecule has 1 aliphatic rings. The van der Waals surface area contributed by atoms with E-state index in [4.69, 9.17) is 9.15 Å². The Morgan fingerprint density at radius 2 is 2.03 bits per heavy atom. The van der Waals surface area contributed by atoms with Crippen LogP contribution in [0, 0.1) is 6.92 Å². The fourth-order valence-corrected chi connectivity index (χ4v) is 4.02. The second-order valence-electron chi connectivity index (χ2n) is 7.62. The van der Waals surface area contributed by atoms with Crippen molar-refractivity contribution in [1.29, 1.82) is 0 Å². The van der Waals surface area contributed by atoms with E-state index in [1.807, 2.05) is 25.2 Å². The number of hydrogen-bond acceptors (Lipinski definition) is 6. The zero-order chi connectivity index (χ0) is 20.5. The van der Waals surface area contributed by atoms with Crippen molar-refractivity contribution in [2.45, 2.75) is 26.5 Å². The SMILES string of the molecule is CCN1CC(CN(C)Cc2cc(=O)oc3c(C)c(O)ccc23)Oc2ccccc21. The monoisotopic (exact) mass is 394 g/mol. The van der Waals surface area contributed by atoms with Gasteiger partial charge in [-0.05, 0) is 50.7 Å². The molecule has 0 spiro atoms. The maximum atomic E-state index is 12.1. The summed E-state index contributed by atoms with van der Waals surface area (Å²) in [6, 6.07) is 13.1. The summed E-state index contributed by atoms with van der Waals surface area (Å²) in [4.78, 5) is 16.5. The van der Waals surface area contributed by atoms with Gasteiger partial charge in [-0.1, -0.05) is 12.1 Å². The lowest BCUT2D eigenvalue weighted by Crippen LogP contribution is -2.45. The van der Waals surface area contributed by atoms with E-state index in [0.717, 1.165) is 42.0 Å². The first kappa shape index (κ1) is 19.3. The van der Waals surface area contributed by atoms with E-state index < -0.39 is 5.63 Å². The van der Waals surface area contributed by atoms with Crippen LogP contribution in [0.4, 0.5) is 5.69 Å². The van der Waals surface area contributed by atoms with Gasteiger partial charge in [0.1, 0.15) is 23.2 Å². The zero-order valence-electron chi connectivity index (χ0n) is 17.0. The number of anilines is 1. The largest absolute Gasteiger partial charge is 0.508 e. The third-order valence-electron chi connectivity index (χ3n) is 5.48. The summed E-state index contributed by atoms with van der Waals surface area (Å²) >= 11 is 0. The summed E-state index contributed by atoms with van der Waals surface area (Å²) in [5.41, 5.74) is 2.63. The Bertz CT molecular complexity index is 1090. The Labute approximate surface area is 169 Å². The molecular weight excluding hydrogens is 368 g/mol. The Balaban J connectivity index is 1.54. The summed E-state index contributed by atoms with van der Waals surface area (Å²) in [6.07, 6.45) is 0.0343. The number of phenolic OH excluding ortho intramolecular Hbond substituents is 1. The van der Waals surface area contributed by atoms with Crippen molar-refractivity contribution in [3.8, 4) is 11.5 Å². The van der Waals surface area contributed by atoms with Crippen LogP contribution in [-0.2, 0) is 6.54 Å². The van der Waals surface area contributed by atoms with Gasteiger partial charge in [0, 0.05) is 36.7 Å². The van der Waals surface area contributed by atoms with E-state index in [1.54, 1.807) is 19.1 Å². The highest BCUT2D eigenvalue weighted by Gasteiger charge is 2.25.